The van der Waals surface area contributed by atoms with Gasteiger partial charge in [-0.3, -0.25) is 0 Å². The summed E-state index contributed by atoms with van der Waals surface area (Å²) in [5.41, 5.74) is 4.49. The van der Waals surface area contributed by atoms with Crippen molar-refractivity contribution in [3.8, 4) is 11.5 Å². The predicted molar refractivity (Wildman–Crippen MR) is 159 cm³/mol. The van der Waals surface area contributed by atoms with Gasteiger partial charge in [-0.15, -0.1) is 0 Å². The molecule has 2 aromatic carbocycles. The fourth-order valence-electron chi connectivity index (χ4n) is 6.56. The third-order valence-corrected chi connectivity index (χ3v) is 9.17. The lowest BCUT2D eigenvalue weighted by atomic mass is 9.62. The number of hydrogen-bond acceptors (Lipinski definition) is 2. The van der Waals surface area contributed by atoms with Crippen LogP contribution in [-0.2, 0) is 5.41 Å². The molecule has 1 aliphatic rings. The lowest BCUT2D eigenvalue weighted by Gasteiger charge is -2.42. The summed E-state index contributed by atoms with van der Waals surface area (Å²) < 4.78 is 0. The molecule has 0 atom stereocenters. The van der Waals surface area contributed by atoms with Crippen molar-refractivity contribution in [3.63, 3.8) is 0 Å². The van der Waals surface area contributed by atoms with E-state index in [9.17, 15) is 10.2 Å². The van der Waals surface area contributed by atoms with Gasteiger partial charge in [0.15, 0.2) is 0 Å². The van der Waals surface area contributed by atoms with Crippen LogP contribution in [0.15, 0.2) is 36.4 Å². The Kier molecular flexibility index (Phi) is 12.4. The van der Waals surface area contributed by atoms with Crippen LogP contribution in [0.5, 0.6) is 11.5 Å². The van der Waals surface area contributed by atoms with Crippen LogP contribution < -0.4 is 0 Å². The summed E-state index contributed by atoms with van der Waals surface area (Å²) in [5, 5.41) is 20.3. The van der Waals surface area contributed by atoms with E-state index in [0.29, 0.717) is 11.5 Å². The molecule has 0 aliphatic heterocycles. The second kappa shape index (κ2) is 15.5. The van der Waals surface area contributed by atoms with Crippen molar-refractivity contribution in [2.45, 2.75) is 142 Å². The average molecular weight is 507 g/mol. The summed E-state index contributed by atoms with van der Waals surface area (Å²) in [6.45, 7) is 6.28. The zero-order valence-electron chi connectivity index (χ0n) is 24.2. The maximum Gasteiger partial charge on any atom is 0.118 e. The number of rotatable bonds is 16. The second-order valence-corrected chi connectivity index (χ2v) is 12.1. The number of aryl methyl sites for hydroxylation is 2. The first-order chi connectivity index (χ1) is 18.0. The van der Waals surface area contributed by atoms with Gasteiger partial charge in [-0.2, -0.15) is 0 Å². The van der Waals surface area contributed by atoms with E-state index in [1.807, 2.05) is 26.0 Å². The van der Waals surface area contributed by atoms with Gasteiger partial charge in [0, 0.05) is 5.41 Å². The van der Waals surface area contributed by atoms with Gasteiger partial charge in [0.2, 0.25) is 0 Å². The third-order valence-electron chi connectivity index (χ3n) is 9.17. The zero-order valence-corrected chi connectivity index (χ0v) is 24.2. The SMILES string of the molecule is CCCCCCCCCCCCCCCC1CCC(c2ccc(O)c(C)c2)(c2ccc(O)c(C)c2)CC1. The Hall–Kier alpha value is -1.96. The Morgan fingerprint density at radius 1 is 0.622 bits per heavy atom. The van der Waals surface area contributed by atoms with Gasteiger partial charge in [-0.05, 0) is 79.8 Å². The van der Waals surface area contributed by atoms with Gasteiger partial charge in [0.25, 0.3) is 0 Å². The second-order valence-electron chi connectivity index (χ2n) is 12.1. The molecular weight excluding hydrogens is 452 g/mol. The van der Waals surface area contributed by atoms with Crippen LogP contribution in [-0.4, -0.2) is 10.2 Å². The normalized spacial score (nSPS) is 15.8. The highest BCUT2D eigenvalue weighted by Gasteiger charge is 2.38. The van der Waals surface area contributed by atoms with Gasteiger partial charge in [-0.1, -0.05) is 121 Å². The number of phenols is 2. The van der Waals surface area contributed by atoms with E-state index >= 15 is 0 Å². The molecule has 2 nitrogen and oxygen atoms in total. The highest BCUT2D eigenvalue weighted by molar-refractivity contribution is 5.47. The van der Waals surface area contributed by atoms with E-state index in [2.05, 4.69) is 31.2 Å². The van der Waals surface area contributed by atoms with Crippen LogP contribution in [0, 0.1) is 19.8 Å². The predicted octanol–water partition coefficient (Wildman–Crippen LogP) is 10.7. The van der Waals surface area contributed by atoms with Gasteiger partial charge in [-0.25, -0.2) is 0 Å². The molecule has 2 N–H and O–H groups in total. The molecule has 0 bridgehead atoms. The molecule has 0 heterocycles. The molecule has 1 saturated carbocycles. The van der Waals surface area contributed by atoms with E-state index in [1.165, 1.54) is 114 Å². The first kappa shape index (κ1) is 29.6. The molecule has 1 fully saturated rings. The highest BCUT2D eigenvalue weighted by Crippen LogP contribution is 2.48. The molecule has 3 rings (SSSR count). The molecule has 0 amide bonds. The Bertz CT molecular complexity index is 869. The highest BCUT2D eigenvalue weighted by atomic mass is 16.3. The van der Waals surface area contributed by atoms with Gasteiger partial charge in [0.05, 0.1) is 0 Å². The van der Waals surface area contributed by atoms with Crippen LogP contribution in [0.2, 0.25) is 0 Å². The van der Waals surface area contributed by atoms with Gasteiger partial charge in [0.1, 0.15) is 11.5 Å². The molecule has 2 heteroatoms. The number of benzene rings is 2. The van der Waals surface area contributed by atoms with Crippen LogP contribution in [0.4, 0.5) is 0 Å². The quantitative estimate of drug-likeness (QED) is 0.222. The van der Waals surface area contributed by atoms with E-state index in [1.54, 1.807) is 0 Å². The summed E-state index contributed by atoms with van der Waals surface area (Å²) >= 11 is 0. The molecule has 2 aromatic rings. The smallest absolute Gasteiger partial charge is 0.118 e. The summed E-state index contributed by atoms with van der Waals surface area (Å²) in [6, 6.07) is 12.3. The minimum atomic E-state index is -0.0244. The molecule has 0 saturated heterocycles. The standard InChI is InChI=1S/C35H54O2/c1-4-5-6-7-8-9-10-11-12-13-14-15-16-17-30-22-24-35(25-23-30,31-18-20-33(36)28(2)26-31)32-19-21-34(37)29(3)27-32/h18-21,26-27,30,36-37H,4-17,22-25H2,1-3H3. The maximum atomic E-state index is 10.1. The first-order valence-corrected chi connectivity index (χ1v) is 15.6. The average Bonchev–Trinajstić information content (AvgIpc) is 2.90. The fourth-order valence-corrected chi connectivity index (χ4v) is 6.56. The van der Waals surface area contributed by atoms with Crippen LogP contribution in [0.3, 0.4) is 0 Å². The maximum absolute atomic E-state index is 10.1. The van der Waals surface area contributed by atoms with Crippen molar-refractivity contribution < 1.29 is 10.2 Å². The van der Waals surface area contributed by atoms with Crippen LogP contribution in [0.1, 0.15) is 145 Å². The van der Waals surface area contributed by atoms with E-state index in [0.717, 1.165) is 29.9 Å². The molecular formula is C35H54O2. The number of hydrogen-bond donors (Lipinski definition) is 2. The Balaban J connectivity index is 1.41. The first-order valence-electron chi connectivity index (χ1n) is 15.6. The lowest BCUT2D eigenvalue weighted by molar-refractivity contribution is 0.249. The molecule has 206 valence electrons. The Labute approximate surface area is 227 Å². The molecule has 0 radical (unpaired) electrons. The number of aromatic hydroxyl groups is 2. The minimum Gasteiger partial charge on any atom is -0.508 e. The van der Waals surface area contributed by atoms with Crippen molar-refractivity contribution in [2.24, 2.45) is 5.92 Å². The number of unbranched alkanes of at least 4 members (excludes halogenated alkanes) is 12. The minimum absolute atomic E-state index is 0.0244. The molecule has 0 spiro atoms. The monoisotopic (exact) mass is 506 g/mol. The summed E-state index contributed by atoms with van der Waals surface area (Å²) in [4.78, 5) is 0. The molecule has 0 unspecified atom stereocenters. The van der Waals surface area contributed by atoms with Crippen LogP contribution in [0.25, 0.3) is 0 Å². The number of phenolic OH excluding ortho intramolecular Hbond substituents is 2. The van der Waals surface area contributed by atoms with E-state index < -0.39 is 0 Å². The largest absolute Gasteiger partial charge is 0.508 e. The fraction of sp³-hybridized carbons (Fsp3) is 0.657. The van der Waals surface area contributed by atoms with Crippen molar-refractivity contribution in [1.82, 2.24) is 0 Å². The van der Waals surface area contributed by atoms with Crippen molar-refractivity contribution in [3.05, 3.63) is 58.7 Å². The van der Waals surface area contributed by atoms with Gasteiger partial charge < -0.3 is 10.2 Å². The van der Waals surface area contributed by atoms with Crippen molar-refractivity contribution >= 4 is 0 Å². The Morgan fingerprint density at radius 2 is 1.03 bits per heavy atom. The zero-order chi connectivity index (χ0) is 26.5. The van der Waals surface area contributed by atoms with Crippen molar-refractivity contribution in [1.29, 1.82) is 0 Å². The summed E-state index contributed by atoms with van der Waals surface area (Å²) in [6.07, 6.45) is 24.6. The Morgan fingerprint density at radius 3 is 1.43 bits per heavy atom. The van der Waals surface area contributed by atoms with Gasteiger partial charge >= 0.3 is 0 Å². The summed E-state index contributed by atoms with van der Waals surface area (Å²) in [7, 11) is 0. The van der Waals surface area contributed by atoms with E-state index in [-0.39, 0.29) is 5.41 Å². The summed E-state index contributed by atoms with van der Waals surface area (Å²) in [5.74, 6) is 1.58. The third kappa shape index (κ3) is 8.79. The van der Waals surface area contributed by atoms with Crippen LogP contribution >= 0.6 is 0 Å². The lowest BCUT2D eigenvalue weighted by Crippen LogP contribution is -2.33. The van der Waals surface area contributed by atoms with Crippen molar-refractivity contribution in [2.75, 3.05) is 0 Å². The molecule has 37 heavy (non-hydrogen) atoms. The topological polar surface area (TPSA) is 40.5 Å². The molecule has 1 aliphatic carbocycles. The molecule has 0 aromatic heterocycles. The van der Waals surface area contributed by atoms with E-state index in [4.69, 9.17) is 0 Å².